The zero-order valence-electron chi connectivity index (χ0n) is 14.9. The van der Waals surface area contributed by atoms with Crippen LogP contribution in [0.1, 0.15) is 45.4 Å². The summed E-state index contributed by atoms with van der Waals surface area (Å²) < 4.78 is 0. The molecule has 3 fully saturated rings. The fraction of sp³-hybridized carbons (Fsp3) is 0.889. The van der Waals surface area contributed by atoms with Crippen molar-refractivity contribution in [1.82, 2.24) is 20.4 Å². The first-order chi connectivity index (χ1) is 11.6. The van der Waals surface area contributed by atoms with E-state index < -0.39 is 0 Å². The van der Waals surface area contributed by atoms with E-state index in [9.17, 15) is 9.59 Å². The van der Waals surface area contributed by atoms with Crippen molar-refractivity contribution < 1.29 is 9.59 Å². The monoisotopic (exact) mass is 336 g/mol. The Labute approximate surface area is 145 Å². The van der Waals surface area contributed by atoms with Crippen LogP contribution in [0.3, 0.4) is 0 Å². The average Bonchev–Trinajstić information content (AvgIpc) is 3.11. The lowest BCUT2D eigenvalue weighted by Gasteiger charge is -2.36. The molecule has 1 saturated carbocycles. The van der Waals surface area contributed by atoms with Crippen LogP contribution >= 0.6 is 0 Å². The zero-order valence-corrected chi connectivity index (χ0v) is 14.9. The summed E-state index contributed by atoms with van der Waals surface area (Å²) in [6.07, 6.45) is 6.73. The van der Waals surface area contributed by atoms with Crippen LogP contribution in [0.5, 0.6) is 0 Å². The van der Waals surface area contributed by atoms with E-state index >= 15 is 0 Å². The van der Waals surface area contributed by atoms with Crippen LogP contribution in [-0.4, -0.2) is 73.0 Å². The molecule has 0 radical (unpaired) electrons. The van der Waals surface area contributed by atoms with Crippen LogP contribution < -0.4 is 10.6 Å². The van der Waals surface area contributed by atoms with Gasteiger partial charge < -0.3 is 15.5 Å². The summed E-state index contributed by atoms with van der Waals surface area (Å²) in [7, 11) is 0. The highest BCUT2D eigenvalue weighted by Gasteiger charge is 2.29. The fourth-order valence-electron chi connectivity index (χ4n) is 4.12. The Hall–Kier alpha value is -1.14. The number of rotatable bonds is 4. The lowest BCUT2D eigenvalue weighted by Crippen LogP contribution is -2.54. The third-order valence-corrected chi connectivity index (χ3v) is 5.79. The van der Waals surface area contributed by atoms with Gasteiger partial charge in [-0.2, -0.15) is 0 Å². The van der Waals surface area contributed by atoms with E-state index in [0.29, 0.717) is 12.6 Å². The van der Waals surface area contributed by atoms with Crippen LogP contribution in [0.15, 0.2) is 0 Å². The van der Waals surface area contributed by atoms with E-state index in [4.69, 9.17) is 0 Å². The minimum atomic E-state index is 0.0218. The summed E-state index contributed by atoms with van der Waals surface area (Å²) in [5.74, 6) is 1.19. The summed E-state index contributed by atoms with van der Waals surface area (Å²) in [5.41, 5.74) is 0. The lowest BCUT2D eigenvalue weighted by molar-refractivity contribution is -0.135. The summed E-state index contributed by atoms with van der Waals surface area (Å²) in [6.45, 7) is 6.80. The van der Waals surface area contributed by atoms with Gasteiger partial charge in [0, 0.05) is 32.2 Å². The highest BCUT2D eigenvalue weighted by atomic mass is 16.2. The van der Waals surface area contributed by atoms with Crippen molar-refractivity contribution in [3.8, 4) is 0 Å². The molecule has 0 aromatic rings. The molecule has 1 atom stereocenters. The Morgan fingerprint density at radius 2 is 1.75 bits per heavy atom. The number of carbonyl (C=O) groups is 2. The van der Waals surface area contributed by atoms with Crippen LogP contribution in [0.4, 0.5) is 0 Å². The molecule has 0 bridgehead atoms. The van der Waals surface area contributed by atoms with Gasteiger partial charge in [0.15, 0.2) is 0 Å². The summed E-state index contributed by atoms with van der Waals surface area (Å²) in [6, 6.07) is 0.388. The van der Waals surface area contributed by atoms with Crippen molar-refractivity contribution in [2.45, 2.75) is 57.5 Å². The van der Waals surface area contributed by atoms with Crippen LogP contribution in [-0.2, 0) is 9.59 Å². The third-order valence-electron chi connectivity index (χ3n) is 5.79. The van der Waals surface area contributed by atoms with Gasteiger partial charge in [-0.05, 0) is 51.0 Å². The largest absolute Gasteiger partial charge is 0.352 e. The van der Waals surface area contributed by atoms with Crippen molar-refractivity contribution in [2.75, 3.05) is 39.3 Å². The maximum atomic E-state index is 12.4. The molecule has 3 aliphatic rings. The van der Waals surface area contributed by atoms with Gasteiger partial charge in [0.25, 0.3) is 0 Å². The van der Waals surface area contributed by atoms with Crippen LogP contribution in [0, 0.1) is 5.92 Å². The molecule has 0 aromatic heterocycles. The smallest absolute Gasteiger partial charge is 0.239 e. The minimum Gasteiger partial charge on any atom is -0.352 e. The molecule has 24 heavy (non-hydrogen) atoms. The van der Waals surface area contributed by atoms with Gasteiger partial charge in [-0.25, -0.2) is 0 Å². The van der Waals surface area contributed by atoms with Crippen molar-refractivity contribution in [3.63, 3.8) is 0 Å². The second-order valence-electron chi connectivity index (χ2n) is 7.77. The Morgan fingerprint density at radius 3 is 2.38 bits per heavy atom. The molecule has 6 nitrogen and oxygen atoms in total. The molecule has 2 amide bonds. The van der Waals surface area contributed by atoms with Gasteiger partial charge in [0.1, 0.15) is 0 Å². The number of hydrogen-bond donors (Lipinski definition) is 2. The predicted octanol–water partition coefficient (Wildman–Crippen LogP) is 0.578. The Kier molecular flexibility index (Phi) is 6.11. The minimum absolute atomic E-state index is 0.0218. The summed E-state index contributed by atoms with van der Waals surface area (Å²) in [4.78, 5) is 28.8. The molecular weight excluding hydrogens is 304 g/mol. The number of nitrogens with zero attached hydrogens (tertiary/aromatic N) is 2. The molecule has 1 unspecified atom stereocenters. The number of carbonyl (C=O) groups excluding carboxylic acids is 2. The molecular formula is C18H32N4O2. The van der Waals surface area contributed by atoms with Crippen LogP contribution in [0.25, 0.3) is 0 Å². The van der Waals surface area contributed by atoms with Crippen molar-refractivity contribution >= 4 is 11.8 Å². The Bertz CT molecular complexity index is 434. The average molecular weight is 336 g/mol. The molecule has 2 aliphatic heterocycles. The van der Waals surface area contributed by atoms with E-state index in [1.807, 2.05) is 4.90 Å². The molecule has 6 heteroatoms. The topological polar surface area (TPSA) is 64.7 Å². The van der Waals surface area contributed by atoms with E-state index in [-0.39, 0.29) is 17.9 Å². The van der Waals surface area contributed by atoms with Gasteiger partial charge in [-0.1, -0.05) is 6.92 Å². The van der Waals surface area contributed by atoms with E-state index in [1.165, 1.54) is 12.8 Å². The highest BCUT2D eigenvalue weighted by molar-refractivity contribution is 5.82. The van der Waals surface area contributed by atoms with Gasteiger partial charge in [-0.15, -0.1) is 0 Å². The lowest BCUT2D eigenvalue weighted by atomic mass is 9.87. The standard InChI is InChI=1S/C18H32N4O2/c1-14-4-6-15(7-5-14)20-17(23)13-21-9-11-22(12-10-21)18(24)16-3-2-8-19-16/h14-16,19H,2-13H2,1H3,(H,20,23). The molecule has 2 saturated heterocycles. The zero-order chi connectivity index (χ0) is 16.9. The first kappa shape index (κ1) is 17.7. The molecule has 136 valence electrons. The maximum Gasteiger partial charge on any atom is 0.239 e. The van der Waals surface area contributed by atoms with Gasteiger partial charge in [0.2, 0.25) is 11.8 Å². The van der Waals surface area contributed by atoms with Crippen LogP contribution in [0.2, 0.25) is 0 Å². The molecule has 2 N–H and O–H groups in total. The van der Waals surface area contributed by atoms with Gasteiger partial charge in [0.05, 0.1) is 12.6 Å². The Morgan fingerprint density at radius 1 is 1.04 bits per heavy atom. The van der Waals surface area contributed by atoms with Crippen molar-refractivity contribution in [2.24, 2.45) is 5.92 Å². The SMILES string of the molecule is CC1CCC(NC(=O)CN2CCN(C(=O)C3CCCN3)CC2)CC1. The molecule has 0 spiro atoms. The molecule has 2 heterocycles. The highest BCUT2D eigenvalue weighted by Crippen LogP contribution is 2.23. The van der Waals surface area contributed by atoms with Gasteiger partial charge in [-0.3, -0.25) is 14.5 Å². The summed E-state index contributed by atoms with van der Waals surface area (Å²) >= 11 is 0. The first-order valence-electron chi connectivity index (χ1n) is 9.65. The van der Waals surface area contributed by atoms with Crippen molar-refractivity contribution in [1.29, 1.82) is 0 Å². The first-order valence-corrected chi connectivity index (χ1v) is 9.65. The maximum absolute atomic E-state index is 12.4. The van der Waals surface area contributed by atoms with E-state index in [0.717, 1.165) is 64.3 Å². The normalized spacial score (nSPS) is 31.9. The second kappa shape index (κ2) is 8.30. The fourth-order valence-corrected chi connectivity index (χ4v) is 4.12. The third kappa shape index (κ3) is 4.70. The quantitative estimate of drug-likeness (QED) is 0.788. The molecule has 3 rings (SSSR count). The van der Waals surface area contributed by atoms with E-state index in [2.05, 4.69) is 22.5 Å². The summed E-state index contributed by atoms with van der Waals surface area (Å²) in [5, 5.41) is 6.47. The second-order valence-corrected chi connectivity index (χ2v) is 7.77. The molecule has 0 aromatic carbocycles. The number of piperazine rings is 1. The molecule has 1 aliphatic carbocycles. The number of amides is 2. The Balaban J connectivity index is 1.35. The number of hydrogen-bond acceptors (Lipinski definition) is 4. The van der Waals surface area contributed by atoms with Crippen molar-refractivity contribution in [3.05, 3.63) is 0 Å². The number of nitrogens with one attached hydrogen (secondary N) is 2. The van der Waals surface area contributed by atoms with E-state index in [1.54, 1.807) is 0 Å². The van der Waals surface area contributed by atoms with Gasteiger partial charge >= 0.3 is 0 Å². The predicted molar refractivity (Wildman–Crippen MR) is 93.6 cm³/mol.